The summed E-state index contributed by atoms with van der Waals surface area (Å²) >= 11 is 0. The second-order valence-electron chi connectivity index (χ2n) is 4.55. The maximum atomic E-state index is 13.4. The van der Waals surface area contributed by atoms with Gasteiger partial charge in [-0.05, 0) is 37.1 Å². The van der Waals surface area contributed by atoms with Crippen LogP contribution in [0.25, 0.3) is 0 Å². The van der Waals surface area contributed by atoms with E-state index in [1.54, 1.807) is 24.3 Å². The molecule has 4 nitrogen and oxygen atoms in total. The van der Waals surface area contributed by atoms with Crippen molar-refractivity contribution in [1.29, 1.82) is 0 Å². The van der Waals surface area contributed by atoms with Gasteiger partial charge in [-0.25, -0.2) is 4.39 Å². The molecule has 1 aromatic carbocycles. The monoisotopic (exact) mass is 257 g/mol. The Hall–Kier alpha value is -2.30. The third-order valence-corrected chi connectivity index (χ3v) is 3.04. The molecule has 0 bridgehead atoms. The summed E-state index contributed by atoms with van der Waals surface area (Å²) in [6, 6.07) is 9.43. The summed E-state index contributed by atoms with van der Waals surface area (Å²) in [5.41, 5.74) is 1.25. The summed E-state index contributed by atoms with van der Waals surface area (Å²) in [5.74, 6) is -0.436. The zero-order valence-electron chi connectivity index (χ0n) is 10.1. The molecule has 1 aliphatic carbocycles. The third kappa shape index (κ3) is 2.59. The fourth-order valence-corrected chi connectivity index (χ4v) is 1.81. The van der Waals surface area contributed by atoms with Crippen LogP contribution in [0, 0.1) is 5.82 Å². The van der Waals surface area contributed by atoms with E-state index in [0.717, 1.165) is 18.5 Å². The van der Waals surface area contributed by atoms with Gasteiger partial charge in [0.05, 0.1) is 11.4 Å². The van der Waals surface area contributed by atoms with Crippen molar-refractivity contribution in [2.24, 2.45) is 0 Å². The van der Waals surface area contributed by atoms with Crippen LogP contribution in [0.2, 0.25) is 0 Å². The molecule has 0 radical (unpaired) electrons. The molecule has 0 aliphatic heterocycles. The molecule has 1 aliphatic rings. The lowest BCUT2D eigenvalue weighted by atomic mass is 10.2. The highest BCUT2D eigenvalue weighted by molar-refractivity contribution is 6.02. The third-order valence-electron chi connectivity index (χ3n) is 3.04. The SMILES string of the molecule is O=C(Nc1ccccc1F)c1ccc(C2CC2)nn1. The van der Waals surface area contributed by atoms with Gasteiger partial charge in [0.15, 0.2) is 5.69 Å². The highest BCUT2D eigenvalue weighted by atomic mass is 19.1. The molecule has 1 saturated carbocycles. The summed E-state index contributed by atoms with van der Waals surface area (Å²) in [6.07, 6.45) is 2.27. The van der Waals surface area contributed by atoms with Gasteiger partial charge < -0.3 is 5.32 Å². The van der Waals surface area contributed by atoms with Crippen LogP contribution in [0.5, 0.6) is 0 Å². The highest BCUT2D eigenvalue weighted by Gasteiger charge is 2.25. The van der Waals surface area contributed by atoms with Gasteiger partial charge >= 0.3 is 0 Å². The van der Waals surface area contributed by atoms with Crippen LogP contribution >= 0.6 is 0 Å². The molecule has 1 aromatic heterocycles. The van der Waals surface area contributed by atoms with Crippen molar-refractivity contribution < 1.29 is 9.18 Å². The van der Waals surface area contributed by atoms with Gasteiger partial charge in [-0.2, -0.15) is 5.10 Å². The smallest absolute Gasteiger partial charge is 0.276 e. The molecule has 0 atom stereocenters. The minimum atomic E-state index is -0.474. The molecule has 1 N–H and O–H groups in total. The van der Waals surface area contributed by atoms with Crippen LogP contribution in [0.1, 0.15) is 34.9 Å². The van der Waals surface area contributed by atoms with Gasteiger partial charge in [-0.3, -0.25) is 4.79 Å². The van der Waals surface area contributed by atoms with Gasteiger partial charge in [0, 0.05) is 5.92 Å². The molecule has 3 rings (SSSR count). The molecule has 0 spiro atoms. The molecule has 1 heterocycles. The lowest BCUT2D eigenvalue weighted by Gasteiger charge is -2.05. The van der Waals surface area contributed by atoms with Crippen molar-refractivity contribution in [3.8, 4) is 0 Å². The molecule has 0 unspecified atom stereocenters. The molecule has 96 valence electrons. The fourth-order valence-electron chi connectivity index (χ4n) is 1.81. The molecule has 1 amide bonds. The number of anilines is 1. The van der Waals surface area contributed by atoms with Crippen molar-refractivity contribution in [2.45, 2.75) is 18.8 Å². The van der Waals surface area contributed by atoms with Crippen molar-refractivity contribution in [3.05, 3.63) is 53.6 Å². The number of hydrogen-bond donors (Lipinski definition) is 1. The van der Waals surface area contributed by atoms with Gasteiger partial charge in [-0.1, -0.05) is 12.1 Å². The van der Waals surface area contributed by atoms with E-state index in [9.17, 15) is 9.18 Å². The van der Waals surface area contributed by atoms with Crippen molar-refractivity contribution in [2.75, 3.05) is 5.32 Å². The standard InChI is InChI=1S/C14H12FN3O/c15-10-3-1-2-4-12(10)16-14(19)13-8-7-11(17-18-13)9-5-6-9/h1-4,7-9H,5-6H2,(H,16,19). The average Bonchev–Trinajstić information content (AvgIpc) is 3.26. The van der Waals surface area contributed by atoms with E-state index < -0.39 is 11.7 Å². The Morgan fingerprint density at radius 3 is 2.58 bits per heavy atom. The van der Waals surface area contributed by atoms with Crippen LogP contribution in [0.3, 0.4) is 0 Å². The fraction of sp³-hybridized carbons (Fsp3) is 0.214. The second-order valence-corrected chi connectivity index (χ2v) is 4.55. The predicted molar refractivity (Wildman–Crippen MR) is 68.4 cm³/mol. The number of nitrogens with zero attached hydrogens (tertiary/aromatic N) is 2. The first kappa shape index (κ1) is 11.8. The Labute approximate surface area is 109 Å². The molecule has 1 fully saturated rings. The Kier molecular flexibility index (Phi) is 2.95. The zero-order valence-corrected chi connectivity index (χ0v) is 10.1. The number of rotatable bonds is 3. The quantitative estimate of drug-likeness (QED) is 0.919. The maximum absolute atomic E-state index is 13.4. The predicted octanol–water partition coefficient (Wildman–Crippen LogP) is 2.75. The van der Waals surface area contributed by atoms with Crippen LogP contribution in [0.4, 0.5) is 10.1 Å². The largest absolute Gasteiger partial charge is 0.318 e. The van der Waals surface area contributed by atoms with E-state index in [0.29, 0.717) is 5.92 Å². The van der Waals surface area contributed by atoms with E-state index >= 15 is 0 Å². The lowest BCUT2D eigenvalue weighted by molar-refractivity contribution is 0.102. The van der Waals surface area contributed by atoms with Crippen molar-refractivity contribution >= 4 is 11.6 Å². The minimum Gasteiger partial charge on any atom is -0.318 e. The Balaban J connectivity index is 1.74. The van der Waals surface area contributed by atoms with Gasteiger partial charge in [-0.15, -0.1) is 5.10 Å². The first-order valence-corrected chi connectivity index (χ1v) is 6.13. The number of carbonyl (C=O) groups excluding carboxylic acids is 1. The number of benzene rings is 1. The zero-order chi connectivity index (χ0) is 13.2. The summed E-state index contributed by atoms with van der Waals surface area (Å²) in [5, 5.41) is 10.4. The number of para-hydroxylation sites is 1. The highest BCUT2D eigenvalue weighted by Crippen LogP contribution is 2.38. The lowest BCUT2D eigenvalue weighted by Crippen LogP contribution is -2.15. The average molecular weight is 257 g/mol. The Bertz CT molecular complexity index is 608. The summed E-state index contributed by atoms with van der Waals surface area (Å²) in [7, 11) is 0. The van der Waals surface area contributed by atoms with Crippen LogP contribution in [0.15, 0.2) is 36.4 Å². The van der Waals surface area contributed by atoms with Crippen LogP contribution in [-0.4, -0.2) is 16.1 Å². The van der Waals surface area contributed by atoms with Crippen molar-refractivity contribution in [3.63, 3.8) is 0 Å². The van der Waals surface area contributed by atoms with E-state index in [2.05, 4.69) is 15.5 Å². The molecule has 19 heavy (non-hydrogen) atoms. The Morgan fingerprint density at radius 2 is 1.95 bits per heavy atom. The molecular weight excluding hydrogens is 245 g/mol. The van der Waals surface area contributed by atoms with E-state index in [4.69, 9.17) is 0 Å². The first-order valence-electron chi connectivity index (χ1n) is 6.13. The van der Waals surface area contributed by atoms with Gasteiger partial charge in [0.1, 0.15) is 5.82 Å². The van der Waals surface area contributed by atoms with Gasteiger partial charge in [0.2, 0.25) is 0 Å². The van der Waals surface area contributed by atoms with Crippen molar-refractivity contribution in [1.82, 2.24) is 10.2 Å². The molecule has 0 saturated heterocycles. The summed E-state index contributed by atoms with van der Waals surface area (Å²) in [6.45, 7) is 0. The van der Waals surface area contributed by atoms with E-state index in [-0.39, 0.29) is 11.4 Å². The van der Waals surface area contributed by atoms with Gasteiger partial charge in [0.25, 0.3) is 5.91 Å². The number of halogens is 1. The maximum Gasteiger partial charge on any atom is 0.276 e. The molecule has 5 heteroatoms. The normalized spacial score (nSPS) is 14.2. The summed E-state index contributed by atoms with van der Waals surface area (Å²) in [4.78, 5) is 11.9. The molecule has 2 aromatic rings. The molecular formula is C14H12FN3O. The Morgan fingerprint density at radius 1 is 1.16 bits per heavy atom. The van der Waals surface area contributed by atoms with E-state index in [1.807, 2.05) is 0 Å². The number of amides is 1. The number of carbonyl (C=O) groups is 1. The minimum absolute atomic E-state index is 0.139. The number of hydrogen-bond acceptors (Lipinski definition) is 3. The summed E-state index contributed by atoms with van der Waals surface area (Å²) < 4.78 is 13.4. The van der Waals surface area contributed by atoms with E-state index in [1.165, 1.54) is 12.1 Å². The topological polar surface area (TPSA) is 54.9 Å². The van der Waals surface area contributed by atoms with Crippen LogP contribution < -0.4 is 5.32 Å². The van der Waals surface area contributed by atoms with Crippen LogP contribution in [-0.2, 0) is 0 Å². The first-order chi connectivity index (χ1) is 9.24. The number of nitrogens with one attached hydrogen (secondary N) is 1. The second kappa shape index (κ2) is 4.76. The number of aromatic nitrogens is 2.